The summed E-state index contributed by atoms with van der Waals surface area (Å²) in [6.45, 7) is 3.26. The van der Waals surface area contributed by atoms with Gasteiger partial charge >= 0.3 is 0 Å². The summed E-state index contributed by atoms with van der Waals surface area (Å²) in [5.41, 5.74) is 0. The molecule has 2 heterocycles. The number of halogens is 1. The summed E-state index contributed by atoms with van der Waals surface area (Å²) >= 11 is 5.34. The summed E-state index contributed by atoms with van der Waals surface area (Å²) in [7, 11) is 0. The van der Waals surface area contributed by atoms with Gasteiger partial charge in [0.25, 0.3) is 0 Å². The van der Waals surface area contributed by atoms with Gasteiger partial charge in [-0.1, -0.05) is 0 Å². The Kier molecular flexibility index (Phi) is 3.99. The zero-order valence-corrected chi connectivity index (χ0v) is 10.5. The monoisotopic (exact) mass is 274 g/mol. The van der Waals surface area contributed by atoms with Crippen LogP contribution in [0.1, 0.15) is 17.7 Å². The van der Waals surface area contributed by atoms with Gasteiger partial charge in [-0.05, 0) is 46.8 Å². The van der Waals surface area contributed by atoms with Crippen molar-refractivity contribution in [1.29, 1.82) is 0 Å². The molecule has 0 amide bonds. The summed E-state index contributed by atoms with van der Waals surface area (Å²) in [5.74, 6) is 0. The summed E-state index contributed by atoms with van der Waals surface area (Å²) in [6.07, 6.45) is 2.65. The van der Waals surface area contributed by atoms with E-state index in [4.69, 9.17) is 0 Å². The lowest BCUT2D eigenvalue weighted by Gasteiger charge is -2.10. The molecule has 0 bridgehead atoms. The van der Waals surface area contributed by atoms with E-state index in [1.54, 1.807) is 11.3 Å². The maximum absolute atomic E-state index is 3.53. The summed E-state index contributed by atoms with van der Waals surface area (Å²) in [5, 5.41) is 9.09. The minimum absolute atomic E-state index is 0.689. The maximum Gasteiger partial charge on any atom is 0.0327 e. The van der Waals surface area contributed by atoms with E-state index in [1.807, 2.05) is 0 Å². The maximum atomic E-state index is 3.53. The molecule has 0 spiro atoms. The second kappa shape index (κ2) is 5.26. The number of nitrogens with one attached hydrogen (secondary N) is 2. The van der Waals surface area contributed by atoms with Gasteiger partial charge in [0.1, 0.15) is 0 Å². The Balaban J connectivity index is 1.70. The van der Waals surface area contributed by atoms with Crippen LogP contribution in [0.3, 0.4) is 0 Å². The zero-order valence-electron chi connectivity index (χ0n) is 8.05. The van der Waals surface area contributed by atoms with E-state index in [9.17, 15) is 0 Å². The fourth-order valence-corrected chi connectivity index (χ4v) is 3.20. The molecular weight excluding hydrogens is 260 g/mol. The van der Waals surface area contributed by atoms with Crippen LogP contribution in [0.4, 0.5) is 0 Å². The van der Waals surface area contributed by atoms with Gasteiger partial charge in [0.05, 0.1) is 0 Å². The molecular formula is C10H15BrN2S. The first kappa shape index (κ1) is 10.6. The average molecular weight is 275 g/mol. The van der Waals surface area contributed by atoms with Crippen LogP contribution in [0.2, 0.25) is 0 Å². The molecule has 1 unspecified atom stereocenters. The molecule has 1 aromatic heterocycles. The lowest BCUT2D eigenvalue weighted by atomic mass is 10.2. The van der Waals surface area contributed by atoms with Gasteiger partial charge in [-0.2, -0.15) is 0 Å². The van der Waals surface area contributed by atoms with Crippen molar-refractivity contribution < 1.29 is 0 Å². The predicted octanol–water partition coefficient (Wildman–Crippen LogP) is 2.35. The first-order valence-electron chi connectivity index (χ1n) is 5.02. The topological polar surface area (TPSA) is 24.1 Å². The van der Waals surface area contributed by atoms with Crippen molar-refractivity contribution in [2.45, 2.75) is 25.4 Å². The summed E-state index contributed by atoms with van der Waals surface area (Å²) < 4.78 is 1.23. The molecule has 2 nitrogen and oxygen atoms in total. The van der Waals surface area contributed by atoms with E-state index in [-0.39, 0.29) is 0 Å². The largest absolute Gasteiger partial charge is 0.313 e. The molecule has 0 radical (unpaired) electrons. The first-order chi connectivity index (χ1) is 6.86. The van der Waals surface area contributed by atoms with Crippen LogP contribution < -0.4 is 10.6 Å². The third-order valence-electron chi connectivity index (χ3n) is 2.53. The minimum atomic E-state index is 0.689. The van der Waals surface area contributed by atoms with Crippen LogP contribution in [0.5, 0.6) is 0 Å². The molecule has 1 aliphatic rings. The zero-order chi connectivity index (χ0) is 9.80. The van der Waals surface area contributed by atoms with Crippen molar-refractivity contribution in [3.63, 3.8) is 0 Å². The van der Waals surface area contributed by atoms with Crippen LogP contribution in [0.15, 0.2) is 15.9 Å². The van der Waals surface area contributed by atoms with Crippen LogP contribution in [-0.4, -0.2) is 19.1 Å². The molecule has 1 aromatic rings. The fourth-order valence-electron chi connectivity index (χ4n) is 1.74. The molecule has 1 aliphatic heterocycles. The second-order valence-corrected chi connectivity index (χ2v) is 5.47. The van der Waals surface area contributed by atoms with Gasteiger partial charge in [-0.25, -0.2) is 0 Å². The standard InChI is InChI=1S/C10H15BrN2S/c11-9-3-5-14-10(9)7-12-6-8-2-1-4-13-8/h3,5,8,12-13H,1-2,4,6-7H2. The highest BCUT2D eigenvalue weighted by atomic mass is 79.9. The highest BCUT2D eigenvalue weighted by Crippen LogP contribution is 2.22. The molecule has 0 aromatic carbocycles. The van der Waals surface area contributed by atoms with Crippen LogP contribution in [0.25, 0.3) is 0 Å². The van der Waals surface area contributed by atoms with E-state index in [0.29, 0.717) is 6.04 Å². The van der Waals surface area contributed by atoms with Crippen molar-refractivity contribution in [1.82, 2.24) is 10.6 Å². The second-order valence-electron chi connectivity index (χ2n) is 3.62. The average Bonchev–Trinajstić information content (AvgIpc) is 2.78. The van der Waals surface area contributed by atoms with Gasteiger partial charge in [-0.3, -0.25) is 0 Å². The lowest BCUT2D eigenvalue weighted by molar-refractivity contribution is 0.537. The number of hydrogen-bond donors (Lipinski definition) is 2. The molecule has 1 saturated heterocycles. The quantitative estimate of drug-likeness (QED) is 0.881. The molecule has 2 rings (SSSR count). The molecule has 14 heavy (non-hydrogen) atoms. The molecule has 1 atom stereocenters. The summed E-state index contributed by atoms with van der Waals surface area (Å²) in [6, 6.07) is 2.80. The minimum Gasteiger partial charge on any atom is -0.313 e. The highest BCUT2D eigenvalue weighted by molar-refractivity contribution is 9.10. The van der Waals surface area contributed by atoms with Gasteiger partial charge in [0.15, 0.2) is 0 Å². The summed E-state index contributed by atoms with van der Waals surface area (Å²) in [4.78, 5) is 1.39. The molecule has 78 valence electrons. The Bertz CT molecular complexity index is 281. The number of rotatable bonds is 4. The Morgan fingerprint density at radius 2 is 2.57 bits per heavy atom. The van der Waals surface area contributed by atoms with Crippen LogP contribution in [0, 0.1) is 0 Å². The van der Waals surface area contributed by atoms with E-state index < -0.39 is 0 Å². The number of thiophene rings is 1. The third kappa shape index (κ3) is 2.79. The molecule has 2 N–H and O–H groups in total. The number of hydrogen-bond acceptors (Lipinski definition) is 3. The van der Waals surface area contributed by atoms with E-state index in [1.165, 1.54) is 28.7 Å². The van der Waals surface area contributed by atoms with Crippen molar-refractivity contribution in [3.05, 3.63) is 20.8 Å². The van der Waals surface area contributed by atoms with Crippen molar-refractivity contribution >= 4 is 27.3 Å². The highest BCUT2D eigenvalue weighted by Gasteiger charge is 2.13. The smallest absolute Gasteiger partial charge is 0.0327 e. The van der Waals surface area contributed by atoms with Gasteiger partial charge in [-0.15, -0.1) is 11.3 Å². The molecule has 4 heteroatoms. The predicted molar refractivity (Wildman–Crippen MR) is 64.8 cm³/mol. The molecule has 1 fully saturated rings. The Labute approximate surface area is 97.2 Å². The Morgan fingerprint density at radius 3 is 3.21 bits per heavy atom. The van der Waals surface area contributed by atoms with E-state index in [0.717, 1.165) is 13.1 Å². The van der Waals surface area contributed by atoms with Crippen LogP contribution in [-0.2, 0) is 6.54 Å². The van der Waals surface area contributed by atoms with Gasteiger partial charge in [0, 0.05) is 28.5 Å². The van der Waals surface area contributed by atoms with Crippen LogP contribution >= 0.6 is 27.3 Å². The SMILES string of the molecule is Brc1ccsc1CNCC1CCCN1. The fraction of sp³-hybridized carbons (Fsp3) is 0.600. The first-order valence-corrected chi connectivity index (χ1v) is 6.69. The van der Waals surface area contributed by atoms with Crippen molar-refractivity contribution in [3.8, 4) is 0 Å². The van der Waals surface area contributed by atoms with Gasteiger partial charge < -0.3 is 10.6 Å². The van der Waals surface area contributed by atoms with Crippen molar-refractivity contribution in [2.24, 2.45) is 0 Å². The Hall–Kier alpha value is 0.1000. The third-order valence-corrected chi connectivity index (χ3v) is 4.46. The van der Waals surface area contributed by atoms with E-state index >= 15 is 0 Å². The van der Waals surface area contributed by atoms with Gasteiger partial charge in [0.2, 0.25) is 0 Å². The normalized spacial score (nSPS) is 21.6. The molecule has 0 saturated carbocycles. The van der Waals surface area contributed by atoms with Crippen molar-refractivity contribution in [2.75, 3.05) is 13.1 Å². The molecule has 0 aliphatic carbocycles. The van der Waals surface area contributed by atoms with E-state index in [2.05, 4.69) is 38.0 Å². The Morgan fingerprint density at radius 1 is 1.64 bits per heavy atom. The lowest BCUT2D eigenvalue weighted by Crippen LogP contribution is -2.33.